The molecule has 1 aromatic heterocycles. The van der Waals surface area contributed by atoms with Gasteiger partial charge in [0.1, 0.15) is 11.6 Å². The third kappa shape index (κ3) is 3.18. The number of nitriles is 1. The summed E-state index contributed by atoms with van der Waals surface area (Å²) >= 11 is 9.62. The number of fused-ring (bicyclic) bond motifs is 1. The Balaban J connectivity index is 1.97. The summed E-state index contributed by atoms with van der Waals surface area (Å²) in [6.07, 6.45) is 0. The lowest BCUT2D eigenvalue weighted by atomic mass is 9.83. The number of H-pyrrole nitrogens is 1. The van der Waals surface area contributed by atoms with E-state index in [1.165, 1.54) is 7.11 Å². The van der Waals surface area contributed by atoms with Crippen molar-refractivity contribution in [3.63, 3.8) is 0 Å². The Kier molecular flexibility index (Phi) is 4.86. The van der Waals surface area contributed by atoms with Crippen LogP contribution in [0.5, 0.6) is 17.4 Å². The largest absolute Gasteiger partial charge is 0.503 e. The Hall–Kier alpha value is -3.15. The number of ether oxygens (including phenoxy) is 2. The first-order chi connectivity index (χ1) is 13.9. The topological polar surface area (TPSA) is 117 Å². The molecule has 0 fully saturated rings. The van der Waals surface area contributed by atoms with Crippen molar-refractivity contribution in [1.82, 2.24) is 10.2 Å². The molecule has 0 spiro atoms. The Morgan fingerprint density at radius 3 is 2.72 bits per heavy atom. The van der Waals surface area contributed by atoms with Crippen LogP contribution in [-0.2, 0) is 0 Å². The predicted molar refractivity (Wildman–Crippen MR) is 111 cm³/mol. The minimum atomic E-state index is -0.617. The van der Waals surface area contributed by atoms with Crippen molar-refractivity contribution in [1.29, 1.82) is 5.26 Å². The number of aromatic hydroxyl groups is 1. The van der Waals surface area contributed by atoms with Crippen molar-refractivity contribution in [2.24, 2.45) is 5.73 Å². The van der Waals surface area contributed by atoms with Gasteiger partial charge in [0.15, 0.2) is 11.5 Å². The van der Waals surface area contributed by atoms with Gasteiger partial charge in [-0.15, -0.1) is 5.10 Å². The molecule has 3 aromatic rings. The summed E-state index contributed by atoms with van der Waals surface area (Å²) in [6, 6.07) is 12.9. The highest BCUT2D eigenvalue weighted by atomic mass is 79.9. The van der Waals surface area contributed by atoms with Crippen LogP contribution in [0.15, 0.2) is 52.3 Å². The molecular formula is C20H14BrClN4O3. The molecule has 1 atom stereocenters. The average molecular weight is 474 g/mol. The van der Waals surface area contributed by atoms with E-state index in [-0.39, 0.29) is 33.9 Å². The van der Waals surface area contributed by atoms with Crippen molar-refractivity contribution < 1.29 is 14.6 Å². The molecule has 0 amide bonds. The summed E-state index contributed by atoms with van der Waals surface area (Å²) in [6.45, 7) is 0. The van der Waals surface area contributed by atoms with E-state index in [0.717, 1.165) is 10.0 Å². The average Bonchev–Trinajstić information content (AvgIpc) is 3.12. The van der Waals surface area contributed by atoms with Gasteiger partial charge in [-0.3, -0.25) is 5.10 Å². The number of halogens is 2. The first kappa shape index (κ1) is 19.2. The first-order valence-corrected chi connectivity index (χ1v) is 9.59. The molecule has 2 aromatic carbocycles. The predicted octanol–water partition coefficient (Wildman–Crippen LogP) is 4.42. The van der Waals surface area contributed by atoms with E-state index in [2.05, 4.69) is 32.2 Å². The number of benzene rings is 2. The van der Waals surface area contributed by atoms with E-state index in [0.29, 0.717) is 16.8 Å². The summed E-state index contributed by atoms with van der Waals surface area (Å²) in [5.41, 5.74) is 8.99. The van der Waals surface area contributed by atoms with Crippen LogP contribution < -0.4 is 15.2 Å². The van der Waals surface area contributed by atoms with Gasteiger partial charge in [-0.25, -0.2) is 0 Å². The molecule has 0 saturated carbocycles. The van der Waals surface area contributed by atoms with Crippen molar-refractivity contribution in [2.45, 2.75) is 5.92 Å². The van der Waals surface area contributed by atoms with Gasteiger partial charge in [-0.2, -0.15) is 5.26 Å². The zero-order valence-electron chi connectivity index (χ0n) is 15.0. The summed E-state index contributed by atoms with van der Waals surface area (Å²) in [4.78, 5) is 0. The normalized spacial score (nSPS) is 15.4. The second-order valence-corrected chi connectivity index (χ2v) is 7.63. The maximum Gasteiger partial charge on any atom is 0.244 e. The summed E-state index contributed by atoms with van der Waals surface area (Å²) in [5.74, 6) is -0.381. The summed E-state index contributed by atoms with van der Waals surface area (Å²) in [7, 11) is 1.42. The Morgan fingerprint density at radius 2 is 2.07 bits per heavy atom. The van der Waals surface area contributed by atoms with Crippen molar-refractivity contribution in [3.8, 4) is 34.7 Å². The fourth-order valence-corrected chi connectivity index (χ4v) is 3.81. The minimum absolute atomic E-state index is 0.0398. The molecule has 0 radical (unpaired) electrons. The third-order valence-corrected chi connectivity index (χ3v) is 5.49. The fraction of sp³-hybridized carbons (Fsp3) is 0.100. The first-order valence-electron chi connectivity index (χ1n) is 8.42. The van der Waals surface area contributed by atoms with E-state index in [4.69, 9.17) is 26.8 Å². The van der Waals surface area contributed by atoms with Crippen LogP contribution in [-0.4, -0.2) is 22.4 Å². The van der Waals surface area contributed by atoms with E-state index >= 15 is 0 Å². The lowest BCUT2D eigenvalue weighted by Crippen LogP contribution is -2.21. The zero-order valence-corrected chi connectivity index (χ0v) is 17.4. The fourth-order valence-electron chi connectivity index (χ4n) is 3.33. The van der Waals surface area contributed by atoms with Crippen LogP contribution in [0.4, 0.5) is 0 Å². The molecule has 2 heterocycles. The maximum absolute atomic E-state index is 10.1. The molecule has 1 aliphatic rings. The number of hydrogen-bond donors (Lipinski definition) is 3. The number of methoxy groups -OCH3 is 1. The van der Waals surface area contributed by atoms with E-state index in [1.54, 1.807) is 12.1 Å². The molecule has 0 saturated heterocycles. The molecule has 146 valence electrons. The number of nitrogens with zero attached hydrogens (tertiary/aromatic N) is 2. The molecule has 7 nitrogen and oxygen atoms in total. The van der Waals surface area contributed by atoms with Gasteiger partial charge in [-0.05, 0) is 29.8 Å². The Labute approximate surface area is 179 Å². The molecular weight excluding hydrogens is 460 g/mol. The lowest BCUT2D eigenvalue weighted by molar-refractivity contribution is 0.371. The molecule has 29 heavy (non-hydrogen) atoms. The van der Waals surface area contributed by atoms with Gasteiger partial charge in [0, 0.05) is 10.0 Å². The number of phenols is 1. The number of rotatable bonds is 3. The van der Waals surface area contributed by atoms with Crippen LogP contribution in [0.2, 0.25) is 5.02 Å². The number of hydrogen-bond acceptors (Lipinski definition) is 6. The van der Waals surface area contributed by atoms with Gasteiger partial charge in [0.05, 0.1) is 29.3 Å². The SMILES string of the molecule is COc1cc([C@@H]2C(C#N)=C(N)Oc3n[nH]c(-c4ccc(Br)cc4)c32)cc(Cl)c1O. The van der Waals surface area contributed by atoms with E-state index in [9.17, 15) is 10.4 Å². The van der Waals surface area contributed by atoms with Crippen LogP contribution in [0.3, 0.4) is 0 Å². The van der Waals surface area contributed by atoms with E-state index < -0.39 is 5.92 Å². The Bertz CT molecular complexity index is 1180. The standard InChI is InChI=1S/C20H14BrClN4O3/c1-28-14-7-10(6-13(22)18(14)27)15-12(8-23)19(24)29-20-16(15)17(25-26-20)9-2-4-11(21)5-3-9/h2-7,15,27H,24H2,1H3,(H,25,26)/t15-/m1/s1. The highest BCUT2D eigenvalue weighted by Gasteiger charge is 2.36. The molecule has 9 heteroatoms. The molecule has 1 aliphatic heterocycles. The highest BCUT2D eigenvalue weighted by molar-refractivity contribution is 9.10. The number of nitrogens with two attached hydrogens (primary N) is 1. The summed E-state index contributed by atoms with van der Waals surface area (Å²) < 4.78 is 11.7. The Morgan fingerprint density at radius 1 is 1.34 bits per heavy atom. The van der Waals surface area contributed by atoms with Gasteiger partial charge >= 0.3 is 0 Å². The molecule has 4 rings (SSSR count). The quantitative estimate of drug-likeness (QED) is 0.518. The maximum atomic E-state index is 10.1. The molecule has 0 aliphatic carbocycles. The van der Waals surface area contributed by atoms with Gasteiger partial charge < -0.3 is 20.3 Å². The van der Waals surface area contributed by atoms with Crippen molar-refractivity contribution in [2.75, 3.05) is 7.11 Å². The van der Waals surface area contributed by atoms with Crippen molar-refractivity contribution >= 4 is 27.5 Å². The highest BCUT2D eigenvalue weighted by Crippen LogP contribution is 2.48. The number of phenolic OH excluding ortho intramolecular Hbond substituents is 1. The second kappa shape index (κ2) is 7.35. The number of aromatic amines is 1. The molecule has 4 N–H and O–H groups in total. The number of allylic oxidation sites excluding steroid dienone is 1. The molecule has 0 unspecified atom stereocenters. The number of aromatic nitrogens is 2. The van der Waals surface area contributed by atoms with Crippen LogP contribution in [0.25, 0.3) is 11.3 Å². The molecule has 0 bridgehead atoms. The zero-order chi connectivity index (χ0) is 20.7. The van der Waals surface area contributed by atoms with Crippen LogP contribution in [0, 0.1) is 11.3 Å². The monoisotopic (exact) mass is 472 g/mol. The summed E-state index contributed by atoms with van der Waals surface area (Å²) in [5, 5.41) is 27.2. The third-order valence-electron chi connectivity index (χ3n) is 4.68. The minimum Gasteiger partial charge on any atom is -0.503 e. The number of nitrogens with one attached hydrogen (secondary N) is 1. The van der Waals surface area contributed by atoms with Gasteiger partial charge in [-0.1, -0.05) is 39.7 Å². The van der Waals surface area contributed by atoms with E-state index in [1.807, 2.05) is 24.3 Å². The van der Waals surface area contributed by atoms with Crippen LogP contribution >= 0.6 is 27.5 Å². The second-order valence-electron chi connectivity index (χ2n) is 6.30. The van der Waals surface area contributed by atoms with Crippen LogP contribution in [0.1, 0.15) is 17.0 Å². The lowest BCUT2D eigenvalue weighted by Gasteiger charge is -2.24. The smallest absolute Gasteiger partial charge is 0.244 e. The van der Waals surface area contributed by atoms with Gasteiger partial charge in [0.2, 0.25) is 11.8 Å². The van der Waals surface area contributed by atoms with Gasteiger partial charge in [0.25, 0.3) is 0 Å². The van der Waals surface area contributed by atoms with Crippen molar-refractivity contribution in [3.05, 3.63) is 68.5 Å².